The highest BCUT2D eigenvalue weighted by atomic mass is 32.2. The van der Waals surface area contributed by atoms with Crippen molar-refractivity contribution in [3.05, 3.63) is 77.6 Å². The third-order valence-electron chi connectivity index (χ3n) is 6.64. The number of carbonyl (C=O) groups is 1. The Morgan fingerprint density at radius 3 is 2.52 bits per heavy atom. The molecule has 0 unspecified atom stereocenters. The number of methoxy groups -OCH3 is 2. The minimum absolute atomic E-state index is 0.000931. The number of sulfonamides is 1. The van der Waals surface area contributed by atoms with Crippen LogP contribution in [0.1, 0.15) is 28.4 Å². The van der Waals surface area contributed by atoms with E-state index in [1.165, 1.54) is 19.2 Å². The molecule has 0 bridgehead atoms. The van der Waals surface area contributed by atoms with Crippen molar-refractivity contribution >= 4 is 40.1 Å². The van der Waals surface area contributed by atoms with E-state index in [9.17, 15) is 13.2 Å². The fraction of sp³-hybridized carbons (Fsp3) is 0.276. The summed E-state index contributed by atoms with van der Waals surface area (Å²) in [5.74, 6) is 0.885. The molecule has 0 aliphatic carbocycles. The molecule has 1 N–H and O–H groups in total. The van der Waals surface area contributed by atoms with Crippen molar-refractivity contribution in [3.63, 3.8) is 0 Å². The fourth-order valence-electron chi connectivity index (χ4n) is 4.63. The molecule has 40 heavy (non-hydrogen) atoms. The number of allylic oxidation sites excluding steroid dienone is 1. The maximum Gasteiger partial charge on any atom is 0.264 e. The number of para-hydroxylation sites is 1. The summed E-state index contributed by atoms with van der Waals surface area (Å²) < 4.78 is 40.0. The highest BCUT2D eigenvalue weighted by Gasteiger charge is 2.26. The van der Waals surface area contributed by atoms with Gasteiger partial charge in [-0.2, -0.15) is 0 Å². The Labute approximate surface area is 235 Å². The van der Waals surface area contributed by atoms with Gasteiger partial charge >= 0.3 is 0 Å². The molecule has 3 aromatic rings. The maximum atomic E-state index is 13.4. The summed E-state index contributed by atoms with van der Waals surface area (Å²) in [5, 5.41) is 0. The monoisotopic (exact) mass is 563 g/mol. The number of carbonyl (C=O) groups excluding carboxylic acids is 1. The van der Waals surface area contributed by atoms with Gasteiger partial charge in [0.25, 0.3) is 15.9 Å². The standard InChI is InChI=1S/C29H33N5O5S/c1-5-7-21-8-6-9-27(28(21)30-2)40(36,37)32-23-10-11-24(26(18-23)39-4)29(35)34-16-14-33(15-17-34)20-22-19-31-13-12-25(22)38-3/h5-13,18-19,32H,2,14-17,20H2,1,3-4H3/b7-5-. The first-order valence-corrected chi connectivity index (χ1v) is 14.2. The van der Waals surface area contributed by atoms with Crippen molar-refractivity contribution in [2.45, 2.75) is 18.4 Å². The summed E-state index contributed by atoms with van der Waals surface area (Å²) in [7, 11) is -0.915. The fourth-order valence-corrected chi connectivity index (χ4v) is 5.88. The van der Waals surface area contributed by atoms with Crippen molar-refractivity contribution < 1.29 is 22.7 Å². The maximum absolute atomic E-state index is 13.4. The second kappa shape index (κ2) is 12.8. The van der Waals surface area contributed by atoms with Crippen LogP contribution in [0.4, 0.5) is 11.4 Å². The van der Waals surface area contributed by atoms with Crippen LogP contribution in [-0.4, -0.2) is 76.2 Å². The number of nitrogens with zero attached hydrogens (tertiary/aromatic N) is 4. The van der Waals surface area contributed by atoms with Gasteiger partial charge in [-0.25, -0.2) is 8.42 Å². The number of anilines is 1. The Bertz CT molecular complexity index is 1510. The average molecular weight is 564 g/mol. The summed E-state index contributed by atoms with van der Waals surface area (Å²) in [6, 6.07) is 11.4. The molecule has 0 spiro atoms. The van der Waals surface area contributed by atoms with Gasteiger partial charge in [0.1, 0.15) is 16.4 Å². The zero-order chi connectivity index (χ0) is 28.7. The van der Waals surface area contributed by atoms with Crippen molar-refractivity contribution in [1.82, 2.24) is 14.8 Å². The second-order valence-corrected chi connectivity index (χ2v) is 10.8. The van der Waals surface area contributed by atoms with Gasteiger partial charge < -0.3 is 14.4 Å². The highest BCUT2D eigenvalue weighted by molar-refractivity contribution is 7.92. The number of benzene rings is 2. The quantitative estimate of drug-likeness (QED) is 0.368. The zero-order valence-electron chi connectivity index (χ0n) is 22.8. The topological polar surface area (TPSA) is 113 Å². The number of hydrogen-bond donors (Lipinski definition) is 1. The average Bonchev–Trinajstić information content (AvgIpc) is 2.97. The predicted octanol–water partition coefficient (Wildman–Crippen LogP) is 4.22. The lowest BCUT2D eigenvalue weighted by molar-refractivity contribution is 0.0624. The molecule has 1 aromatic heterocycles. The van der Waals surface area contributed by atoms with Crippen LogP contribution in [0.25, 0.3) is 6.08 Å². The molecule has 0 radical (unpaired) electrons. The first-order valence-electron chi connectivity index (χ1n) is 12.7. The Hall–Kier alpha value is -4.22. The number of aromatic nitrogens is 1. The summed E-state index contributed by atoms with van der Waals surface area (Å²) in [5.41, 5.74) is 2.51. The van der Waals surface area contributed by atoms with Crippen LogP contribution in [0.15, 0.2) is 70.8 Å². The van der Waals surface area contributed by atoms with Gasteiger partial charge in [0.15, 0.2) is 0 Å². The van der Waals surface area contributed by atoms with Crippen molar-refractivity contribution in [2.24, 2.45) is 4.99 Å². The van der Waals surface area contributed by atoms with E-state index in [0.717, 1.165) is 11.3 Å². The number of aliphatic imine (C=N–C) groups is 1. The van der Waals surface area contributed by atoms with E-state index >= 15 is 0 Å². The lowest BCUT2D eigenvalue weighted by atomic mass is 10.1. The van der Waals surface area contributed by atoms with Crippen molar-refractivity contribution in [3.8, 4) is 11.5 Å². The van der Waals surface area contributed by atoms with Gasteiger partial charge in [-0.15, -0.1) is 0 Å². The normalized spacial score (nSPS) is 14.2. The molecule has 1 saturated heterocycles. The van der Waals surface area contributed by atoms with Crippen molar-refractivity contribution in [1.29, 1.82) is 0 Å². The molecule has 2 aromatic carbocycles. The molecule has 210 valence electrons. The third kappa shape index (κ3) is 6.32. The number of amides is 1. The molecule has 2 heterocycles. The summed E-state index contributed by atoms with van der Waals surface area (Å²) in [4.78, 5) is 25.5. The predicted molar refractivity (Wildman–Crippen MR) is 156 cm³/mol. The van der Waals surface area contributed by atoms with Crippen LogP contribution in [0.5, 0.6) is 11.5 Å². The van der Waals surface area contributed by atoms with E-state index in [1.807, 2.05) is 13.0 Å². The van der Waals surface area contributed by atoms with Crippen molar-refractivity contribution in [2.75, 3.05) is 45.1 Å². The summed E-state index contributed by atoms with van der Waals surface area (Å²) in [6.45, 7) is 8.52. The van der Waals surface area contributed by atoms with Crippen LogP contribution in [0.3, 0.4) is 0 Å². The number of pyridine rings is 1. The molecule has 1 amide bonds. The molecule has 1 fully saturated rings. The largest absolute Gasteiger partial charge is 0.496 e. The number of ether oxygens (including phenoxy) is 2. The lowest BCUT2D eigenvalue weighted by Crippen LogP contribution is -2.48. The number of rotatable bonds is 10. The van der Waals surface area contributed by atoms with Gasteiger partial charge in [0.05, 0.1) is 31.2 Å². The van der Waals surface area contributed by atoms with E-state index in [1.54, 1.807) is 60.8 Å². The number of nitrogens with one attached hydrogen (secondary N) is 1. The molecule has 1 aliphatic rings. The van der Waals surface area contributed by atoms with Crippen LogP contribution in [0.2, 0.25) is 0 Å². The minimum atomic E-state index is -4.00. The molecule has 11 heteroatoms. The summed E-state index contributed by atoms with van der Waals surface area (Å²) in [6.07, 6.45) is 7.06. The van der Waals surface area contributed by atoms with Crippen LogP contribution < -0.4 is 14.2 Å². The first kappa shape index (κ1) is 28.8. The van der Waals surface area contributed by atoms with Gasteiger partial charge in [0.2, 0.25) is 0 Å². The molecule has 0 saturated carbocycles. The Kier molecular flexibility index (Phi) is 9.18. The van der Waals surface area contributed by atoms with Crippen LogP contribution in [0, 0.1) is 0 Å². The smallest absolute Gasteiger partial charge is 0.264 e. The SMILES string of the molecule is C=Nc1c(/C=C\C)cccc1S(=O)(=O)Nc1ccc(C(=O)N2CCN(Cc3cnccc3OC)CC2)c(OC)c1. The van der Waals surface area contributed by atoms with E-state index in [-0.39, 0.29) is 27.9 Å². The third-order valence-corrected chi connectivity index (χ3v) is 8.05. The minimum Gasteiger partial charge on any atom is -0.496 e. The molecule has 10 nitrogen and oxygen atoms in total. The Morgan fingerprint density at radius 2 is 1.85 bits per heavy atom. The molecular formula is C29H33N5O5S. The second-order valence-electron chi connectivity index (χ2n) is 9.13. The number of hydrogen-bond acceptors (Lipinski definition) is 8. The van der Waals surface area contributed by atoms with Crippen LogP contribution in [-0.2, 0) is 16.6 Å². The molecule has 4 rings (SSSR count). The van der Waals surface area contributed by atoms with E-state index in [4.69, 9.17) is 9.47 Å². The summed E-state index contributed by atoms with van der Waals surface area (Å²) >= 11 is 0. The Morgan fingerprint density at radius 1 is 1.10 bits per heavy atom. The molecular weight excluding hydrogens is 530 g/mol. The van der Waals surface area contributed by atoms with Gasteiger partial charge in [-0.3, -0.25) is 24.4 Å². The molecule has 0 atom stereocenters. The molecule has 1 aliphatic heterocycles. The van der Waals surface area contributed by atoms with Gasteiger partial charge in [0, 0.05) is 62.3 Å². The van der Waals surface area contributed by atoms with Crippen LogP contribution >= 0.6 is 0 Å². The highest BCUT2D eigenvalue weighted by Crippen LogP contribution is 2.32. The van der Waals surface area contributed by atoms with Gasteiger partial charge in [-0.05, 0) is 37.9 Å². The number of piperazine rings is 1. The van der Waals surface area contributed by atoms with E-state index in [0.29, 0.717) is 43.9 Å². The van der Waals surface area contributed by atoms with Gasteiger partial charge in [-0.1, -0.05) is 24.3 Å². The zero-order valence-corrected chi connectivity index (χ0v) is 23.6. The van der Waals surface area contributed by atoms with E-state index < -0.39 is 10.0 Å². The first-order chi connectivity index (χ1) is 19.3. The van der Waals surface area contributed by atoms with E-state index in [2.05, 4.69) is 26.3 Å². The lowest BCUT2D eigenvalue weighted by Gasteiger charge is -2.35. The Balaban J connectivity index is 1.47.